The lowest BCUT2D eigenvalue weighted by atomic mass is 10.1. The van der Waals surface area contributed by atoms with Gasteiger partial charge in [-0.2, -0.15) is 0 Å². The zero-order chi connectivity index (χ0) is 16.4. The molecule has 3 rings (SSSR count). The van der Waals surface area contributed by atoms with Gasteiger partial charge in [0.15, 0.2) is 0 Å². The predicted octanol–water partition coefficient (Wildman–Crippen LogP) is 4.02. The van der Waals surface area contributed by atoms with Gasteiger partial charge in [0, 0.05) is 21.5 Å². The molecule has 1 aromatic heterocycles. The standard InChI is InChI=1S/C18H16N2O2S/c1-11-16(12-7-3-4-8-13(12)19-11)17(21)18(22)20-14-9-5-6-10-15(14)23-2/h3-10,19H,1-2H3,(H,20,22). The summed E-state index contributed by atoms with van der Waals surface area (Å²) in [5.74, 6) is -1.16. The van der Waals surface area contributed by atoms with Gasteiger partial charge in [-0.1, -0.05) is 30.3 Å². The highest BCUT2D eigenvalue weighted by atomic mass is 32.2. The van der Waals surface area contributed by atoms with Crippen LogP contribution in [-0.4, -0.2) is 22.9 Å². The summed E-state index contributed by atoms with van der Waals surface area (Å²) in [5.41, 5.74) is 2.63. The summed E-state index contributed by atoms with van der Waals surface area (Å²) in [7, 11) is 0. The van der Waals surface area contributed by atoms with Crippen molar-refractivity contribution in [3.63, 3.8) is 0 Å². The number of para-hydroxylation sites is 2. The number of hydrogen-bond donors (Lipinski definition) is 2. The van der Waals surface area contributed by atoms with Crippen LogP contribution in [0.2, 0.25) is 0 Å². The molecular formula is C18H16N2O2S. The number of aryl methyl sites for hydroxylation is 1. The summed E-state index contributed by atoms with van der Waals surface area (Å²) in [5, 5.41) is 3.49. The van der Waals surface area contributed by atoms with E-state index in [-0.39, 0.29) is 0 Å². The van der Waals surface area contributed by atoms with Gasteiger partial charge in [0.25, 0.3) is 11.7 Å². The number of carbonyl (C=O) groups is 2. The van der Waals surface area contributed by atoms with E-state index in [2.05, 4.69) is 10.3 Å². The van der Waals surface area contributed by atoms with E-state index in [1.165, 1.54) is 11.8 Å². The largest absolute Gasteiger partial charge is 0.358 e. The van der Waals surface area contributed by atoms with Gasteiger partial charge >= 0.3 is 0 Å². The fraction of sp³-hybridized carbons (Fsp3) is 0.111. The molecule has 0 atom stereocenters. The second-order valence-electron chi connectivity index (χ2n) is 5.15. The molecule has 2 N–H and O–H groups in total. The van der Waals surface area contributed by atoms with E-state index < -0.39 is 11.7 Å². The van der Waals surface area contributed by atoms with E-state index in [1.54, 1.807) is 13.0 Å². The van der Waals surface area contributed by atoms with Gasteiger partial charge in [0.05, 0.1) is 11.3 Å². The van der Waals surface area contributed by atoms with Crippen LogP contribution in [-0.2, 0) is 4.79 Å². The number of carbonyl (C=O) groups excluding carboxylic acids is 2. The summed E-state index contributed by atoms with van der Waals surface area (Å²) in [6.45, 7) is 1.80. The Balaban J connectivity index is 1.93. The molecule has 0 bridgehead atoms. The number of thioether (sulfide) groups is 1. The molecule has 0 saturated carbocycles. The first-order valence-corrected chi connectivity index (χ1v) is 8.40. The van der Waals surface area contributed by atoms with Gasteiger partial charge in [-0.05, 0) is 31.4 Å². The number of aromatic nitrogens is 1. The smallest absolute Gasteiger partial charge is 0.296 e. The number of aromatic amines is 1. The van der Waals surface area contributed by atoms with Crippen LogP contribution in [0.5, 0.6) is 0 Å². The van der Waals surface area contributed by atoms with Crippen LogP contribution >= 0.6 is 11.8 Å². The molecule has 3 aromatic rings. The second-order valence-corrected chi connectivity index (χ2v) is 6.00. The van der Waals surface area contributed by atoms with Crippen molar-refractivity contribution in [2.45, 2.75) is 11.8 Å². The molecular weight excluding hydrogens is 308 g/mol. The molecule has 1 amide bonds. The van der Waals surface area contributed by atoms with Crippen molar-refractivity contribution in [2.24, 2.45) is 0 Å². The predicted molar refractivity (Wildman–Crippen MR) is 94.2 cm³/mol. The second kappa shape index (κ2) is 6.30. The van der Waals surface area contributed by atoms with Crippen LogP contribution < -0.4 is 5.32 Å². The lowest BCUT2D eigenvalue weighted by Crippen LogP contribution is -2.23. The number of H-pyrrole nitrogens is 1. The maximum Gasteiger partial charge on any atom is 0.296 e. The Kier molecular flexibility index (Phi) is 4.21. The minimum atomic E-state index is -0.626. The topological polar surface area (TPSA) is 62.0 Å². The number of rotatable bonds is 4. The molecule has 0 aliphatic heterocycles. The van der Waals surface area contributed by atoms with E-state index >= 15 is 0 Å². The number of ketones is 1. The molecule has 0 radical (unpaired) electrons. The molecule has 2 aromatic carbocycles. The average molecular weight is 324 g/mol. The van der Waals surface area contributed by atoms with Crippen molar-refractivity contribution in [1.29, 1.82) is 0 Å². The lowest BCUT2D eigenvalue weighted by molar-refractivity contribution is -0.112. The van der Waals surface area contributed by atoms with Gasteiger partial charge < -0.3 is 10.3 Å². The Morgan fingerprint density at radius 1 is 1.04 bits per heavy atom. The van der Waals surface area contributed by atoms with Crippen molar-refractivity contribution < 1.29 is 9.59 Å². The molecule has 0 aliphatic carbocycles. The number of fused-ring (bicyclic) bond motifs is 1. The third-order valence-electron chi connectivity index (χ3n) is 3.68. The number of anilines is 1. The Bertz CT molecular complexity index is 899. The number of nitrogens with one attached hydrogen (secondary N) is 2. The summed E-state index contributed by atoms with van der Waals surface area (Å²) in [4.78, 5) is 29.1. The molecule has 0 aliphatic rings. The van der Waals surface area contributed by atoms with Crippen molar-refractivity contribution in [3.05, 3.63) is 59.8 Å². The van der Waals surface area contributed by atoms with Crippen LogP contribution in [0.3, 0.4) is 0 Å². The molecule has 1 heterocycles. The SMILES string of the molecule is CSc1ccccc1NC(=O)C(=O)c1c(C)[nH]c2ccccc12. The quantitative estimate of drug-likeness (QED) is 0.433. The summed E-state index contributed by atoms with van der Waals surface area (Å²) >= 11 is 1.52. The molecule has 23 heavy (non-hydrogen) atoms. The van der Waals surface area contributed by atoms with E-state index in [0.717, 1.165) is 15.8 Å². The van der Waals surface area contributed by atoms with E-state index in [0.29, 0.717) is 16.9 Å². The number of Topliss-reactive ketones (excluding diaryl/α,β-unsaturated/α-hetero) is 1. The third kappa shape index (κ3) is 2.87. The van der Waals surface area contributed by atoms with Gasteiger partial charge in [-0.25, -0.2) is 0 Å². The molecule has 5 heteroatoms. The van der Waals surface area contributed by atoms with Crippen molar-refractivity contribution in [3.8, 4) is 0 Å². The maximum absolute atomic E-state index is 12.6. The zero-order valence-electron chi connectivity index (χ0n) is 12.8. The summed E-state index contributed by atoms with van der Waals surface area (Å²) < 4.78 is 0. The van der Waals surface area contributed by atoms with Crippen molar-refractivity contribution >= 4 is 40.0 Å². The highest BCUT2D eigenvalue weighted by Gasteiger charge is 2.23. The van der Waals surface area contributed by atoms with Crippen LogP contribution in [0.4, 0.5) is 5.69 Å². The molecule has 0 saturated heterocycles. The van der Waals surface area contributed by atoms with Crippen LogP contribution in [0.15, 0.2) is 53.4 Å². The molecule has 4 nitrogen and oxygen atoms in total. The summed E-state index contributed by atoms with van der Waals surface area (Å²) in [6.07, 6.45) is 1.93. The van der Waals surface area contributed by atoms with Gasteiger partial charge in [-0.15, -0.1) is 11.8 Å². The van der Waals surface area contributed by atoms with Crippen molar-refractivity contribution in [2.75, 3.05) is 11.6 Å². The minimum absolute atomic E-state index is 0.430. The highest BCUT2D eigenvalue weighted by Crippen LogP contribution is 2.26. The Morgan fingerprint density at radius 2 is 1.74 bits per heavy atom. The van der Waals surface area contributed by atoms with E-state index in [9.17, 15) is 9.59 Å². The first-order valence-electron chi connectivity index (χ1n) is 7.18. The number of benzene rings is 2. The molecule has 0 unspecified atom stereocenters. The molecule has 0 fully saturated rings. The molecule has 0 spiro atoms. The summed E-state index contributed by atoms with van der Waals surface area (Å²) in [6, 6.07) is 14.9. The van der Waals surface area contributed by atoms with E-state index in [1.807, 2.05) is 48.7 Å². The minimum Gasteiger partial charge on any atom is -0.358 e. The van der Waals surface area contributed by atoms with Crippen LogP contribution in [0.25, 0.3) is 10.9 Å². The Hall–Kier alpha value is -2.53. The lowest BCUT2D eigenvalue weighted by Gasteiger charge is -2.08. The number of hydrogen-bond acceptors (Lipinski definition) is 3. The monoisotopic (exact) mass is 324 g/mol. The Morgan fingerprint density at radius 3 is 2.52 bits per heavy atom. The average Bonchev–Trinajstić information content (AvgIpc) is 2.90. The van der Waals surface area contributed by atoms with Gasteiger partial charge in [-0.3, -0.25) is 9.59 Å². The fourth-order valence-electron chi connectivity index (χ4n) is 2.61. The fourth-order valence-corrected chi connectivity index (χ4v) is 3.16. The molecule has 116 valence electrons. The normalized spacial score (nSPS) is 10.7. The van der Waals surface area contributed by atoms with E-state index in [4.69, 9.17) is 0 Å². The zero-order valence-corrected chi connectivity index (χ0v) is 13.7. The third-order valence-corrected chi connectivity index (χ3v) is 4.48. The van der Waals surface area contributed by atoms with Crippen molar-refractivity contribution in [1.82, 2.24) is 4.98 Å². The van der Waals surface area contributed by atoms with Crippen LogP contribution in [0.1, 0.15) is 16.1 Å². The number of amides is 1. The van der Waals surface area contributed by atoms with Crippen LogP contribution in [0, 0.1) is 6.92 Å². The Labute approximate surface area is 138 Å². The highest BCUT2D eigenvalue weighted by molar-refractivity contribution is 7.98. The van der Waals surface area contributed by atoms with Gasteiger partial charge in [0.2, 0.25) is 0 Å². The first kappa shape index (κ1) is 15.4. The first-order chi connectivity index (χ1) is 11.1. The maximum atomic E-state index is 12.6. The van der Waals surface area contributed by atoms with Gasteiger partial charge in [0.1, 0.15) is 0 Å².